The summed E-state index contributed by atoms with van der Waals surface area (Å²) in [4.78, 5) is 12.9. The van der Waals surface area contributed by atoms with Crippen LogP contribution in [0.25, 0.3) is 0 Å². The molecule has 0 spiro atoms. The van der Waals surface area contributed by atoms with Gasteiger partial charge in [-0.25, -0.2) is 9.98 Å². The average molecular weight is 372 g/mol. The minimum atomic E-state index is 0.411. The second-order valence-electron chi connectivity index (χ2n) is 6.57. The van der Waals surface area contributed by atoms with E-state index in [0.717, 1.165) is 43.4 Å². The van der Waals surface area contributed by atoms with Crippen LogP contribution in [0.4, 0.5) is 5.69 Å². The number of hydrogen-bond donors (Lipinski definition) is 2. The average Bonchev–Trinajstić information content (AvgIpc) is 3.30. The van der Waals surface area contributed by atoms with Gasteiger partial charge in [-0.1, -0.05) is 25.1 Å². The minimum absolute atomic E-state index is 0.411. The molecule has 1 aromatic carbocycles. The van der Waals surface area contributed by atoms with Crippen molar-refractivity contribution in [2.24, 2.45) is 4.99 Å². The van der Waals surface area contributed by atoms with Gasteiger partial charge in [0.1, 0.15) is 5.01 Å². The second kappa shape index (κ2) is 9.03. The third kappa shape index (κ3) is 4.55. The van der Waals surface area contributed by atoms with Gasteiger partial charge in [0.15, 0.2) is 5.96 Å². The molecule has 0 aliphatic carbocycles. The van der Waals surface area contributed by atoms with E-state index < -0.39 is 0 Å². The van der Waals surface area contributed by atoms with E-state index >= 15 is 0 Å². The molecule has 3 rings (SSSR count). The lowest BCUT2D eigenvalue weighted by atomic mass is 10.2. The standard InChI is InChI=1S/C20H29N5S/c1-4-17-13-22-19(26-17)14-24-20(21-5-2)23-12-15(3)25-11-10-16-8-6-7-9-18(16)25/h6-9,13,15H,4-5,10-12,14H2,1-3H3,(H2,21,23,24). The minimum Gasteiger partial charge on any atom is -0.366 e. The summed E-state index contributed by atoms with van der Waals surface area (Å²) in [6.45, 7) is 9.95. The molecule has 5 nitrogen and oxygen atoms in total. The second-order valence-corrected chi connectivity index (χ2v) is 7.77. The maximum absolute atomic E-state index is 4.70. The summed E-state index contributed by atoms with van der Waals surface area (Å²) in [5.74, 6) is 0.861. The van der Waals surface area contributed by atoms with E-state index in [4.69, 9.17) is 4.99 Å². The maximum atomic E-state index is 4.70. The first-order chi connectivity index (χ1) is 12.7. The van der Waals surface area contributed by atoms with Gasteiger partial charge >= 0.3 is 0 Å². The largest absolute Gasteiger partial charge is 0.366 e. The van der Waals surface area contributed by atoms with Gasteiger partial charge in [-0.05, 0) is 38.3 Å². The van der Waals surface area contributed by atoms with E-state index in [9.17, 15) is 0 Å². The van der Waals surface area contributed by atoms with Crippen LogP contribution in [0, 0.1) is 0 Å². The number of rotatable bonds is 7. The van der Waals surface area contributed by atoms with Crippen molar-refractivity contribution < 1.29 is 0 Å². The van der Waals surface area contributed by atoms with E-state index in [1.54, 1.807) is 11.3 Å². The molecule has 2 heterocycles. The summed E-state index contributed by atoms with van der Waals surface area (Å²) >= 11 is 1.75. The molecule has 1 aliphatic rings. The number of aliphatic imine (C=N–C) groups is 1. The molecule has 6 heteroatoms. The van der Waals surface area contributed by atoms with Crippen LogP contribution >= 0.6 is 11.3 Å². The number of para-hydroxylation sites is 1. The fraction of sp³-hybridized carbons (Fsp3) is 0.500. The van der Waals surface area contributed by atoms with Gasteiger partial charge < -0.3 is 15.5 Å². The number of fused-ring (bicyclic) bond motifs is 1. The Bertz CT molecular complexity index is 739. The van der Waals surface area contributed by atoms with Crippen LogP contribution in [0.2, 0.25) is 0 Å². The predicted octanol–water partition coefficient (Wildman–Crippen LogP) is 3.21. The Morgan fingerprint density at radius 1 is 1.31 bits per heavy atom. The van der Waals surface area contributed by atoms with Crippen molar-refractivity contribution in [2.75, 3.05) is 24.5 Å². The zero-order valence-corrected chi connectivity index (χ0v) is 16.8. The first kappa shape index (κ1) is 18.7. The number of aromatic nitrogens is 1. The lowest BCUT2D eigenvalue weighted by molar-refractivity contribution is 0.625. The summed E-state index contributed by atoms with van der Waals surface area (Å²) < 4.78 is 0. The van der Waals surface area contributed by atoms with Crippen LogP contribution in [0.15, 0.2) is 35.5 Å². The van der Waals surface area contributed by atoms with Gasteiger partial charge in [0.25, 0.3) is 0 Å². The first-order valence-electron chi connectivity index (χ1n) is 9.51. The highest BCUT2D eigenvalue weighted by atomic mass is 32.1. The fourth-order valence-corrected chi connectivity index (χ4v) is 4.04. The van der Waals surface area contributed by atoms with Gasteiger partial charge in [-0.2, -0.15) is 0 Å². The molecule has 0 saturated heterocycles. The van der Waals surface area contributed by atoms with E-state index in [2.05, 4.69) is 65.6 Å². The number of aryl methyl sites for hydroxylation is 1. The molecule has 1 aromatic heterocycles. The first-order valence-corrected chi connectivity index (χ1v) is 10.3. The van der Waals surface area contributed by atoms with Crippen molar-refractivity contribution in [2.45, 2.75) is 46.2 Å². The summed E-state index contributed by atoms with van der Waals surface area (Å²) in [5.41, 5.74) is 2.83. The van der Waals surface area contributed by atoms with E-state index in [-0.39, 0.29) is 0 Å². The van der Waals surface area contributed by atoms with Crippen molar-refractivity contribution in [1.29, 1.82) is 0 Å². The number of nitrogens with zero attached hydrogens (tertiary/aromatic N) is 3. The summed E-state index contributed by atoms with van der Waals surface area (Å²) in [6, 6.07) is 9.13. The Kier molecular flexibility index (Phi) is 6.50. The van der Waals surface area contributed by atoms with Gasteiger partial charge in [0, 0.05) is 42.4 Å². The molecule has 0 amide bonds. The Morgan fingerprint density at radius 2 is 2.15 bits per heavy atom. The maximum Gasteiger partial charge on any atom is 0.191 e. The zero-order chi connectivity index (χ0) is 18.4. The van der Waals surface area contributed by atoms with Crippen LogP contribution in [-0.2, 0) is 19.4 Å². The van der Waals surface area contributed by atoms with Crippen molar-refractivity contribution in [3.8, 4) is 0 Å². The van der Waals surface area contributed by atoms with Crippen molar-refractivity contribution in [3.05, 3.63) is 45.9 Å². The number of hydrogen-bond acceptors (Lipinski definition) is 4. The normalized spacial score (nSPS) is 15.0. The Labute approximate surface area is 160 Å². The van der Waals surface area contributed by atoms with Crippen LogP contribution in [-0.4, -0.2) is 36.6 Å². The Hall–Kier alpha value is -2.08. The molecule has 0 saturated carbocycles. The molecule has 2 aromatic rings. The number of benzene rings is 1. The highest BCUT2D eigenvalue weighted by Crippen LogP contribution is 2.28. The van der Waals surface area contributed by atoms with Crippen molar-refractivity contribution in [1.82, 2.24) is 15.6 Å². The fourth-order valence-electron chi connectivity index (χ4n) is 3.25. The number of guanidine groups is 1. The molecular formula is C20H29N5S. The molecule has 1 atom stereocenters. The van der Waals surface area contributed by atoms with E-state index in [1.165, 1.54) is 16.1 Å². The van der Waals surface area contributed by atoms with Crippen LogP contribution < -0.4 is 15.5 Å². The molecule has 2 N–H and O–H groups in total. The molecule has 140 valence electrons. The van der Waals surface area contributed by atoms with E-state index in [0.29, 0.717) is 12.6 Å². The molecular weight excluding hydrogens is 342 g/mol. The van der Waals surface area contributed by atoms with Crippen molar-refractivity contribution in [3.63, 3.8) is 0 Å². The van der Waals surface area contributed by atoms with Gasteiger partial charge in [0.05, 0.1) is 6.54 Å². The molecule has 1 aliphatic heterocycles. The molecule has 0 radical (unpaired) electrons. The quantitative estimate of drug-likeness (QED) is 0.580. The monoisotopic (exact) mass is 371 g/mol. The van der Waals surface area contributed by atoms with Gasteiger partial charge in [-0.3, -0.25) is 0 Å². The lowest BCUT2D eigenvalue weighted by Crippen LogP contribution is -2.45. The lowest BCUT2D eigenvalue weighted by Gasteiger charge is -2.28. The highest BCUT2D eigenvalue weighted by Gasteiger charge is 2.22. The number of anilines is 1. The Morgan fingerprint density at radius 3 is 2.92 bits per heavy atom. The molecule has 1 unspecified atom stereocenters. The van der Waals surface area contributed by atoms with Gasteiger partial charge in [-0.15, -0.1) is 11.3 Å². The number of thiazole rings is 1. The topological polar surface area (TPSA) is 52.6 Å². The SMILES string of the molecule is CCNC(=NCc1ncc(CC)s1)NCC(C)N1CCc2ccccc21. The summed E-state index contributed by atoms with van der Waals surface area (Å²) in [5, 5.41) is 7.90. The van der Waals surface area contributed by atoms with Crippen LogP contribution in [0.1, 0.15) is 36.2 Å². The summed E-state index contributed by atoms with van der Waals surface area (Å²) in [7, 11) is 0. The molecule has 0 bridgehead atoms. The smallest absolute Gasteiger partial charge is 0.191 e. The Balaban J connectivity index is 1.57. The van der Waals surface area contributed by atoms with Crippen LogP contribution in [0.3, 0.4) is 0 Å². The van der Waals surface area contributed by atoms with E-state index in [1.807, 2.05) is 6.20 Å². The van der Waals surface area contributed by atoms with Crippen molar-refractivity contribution >= 4 is 23.0 Å². The zero-order valence-electron chi connectivity index (χ0n) is 16.0. The highest BCUT2D eigenvalue weighted by molar-refractivity contribution is 7.11. The van der Waals surface area contributed by atoms with Crippen LogP contribution in [0.5, 0.6) is 0 Å². The van der Waals surface area contributed by atoms with Gasteiger partial charge in [0.2, 0.25) is 0 Å². The summed E-state index contributed by atoms with van der Waals surface area (Å²) in [6.07, 6.45) is 4.13. The third-order valence-corrected chi connectivity index (χ3v) is 5.81. The molecule has 0 fully saturated rings. The third-order valence-electron chi connectivity index (χ3n) is 4.69. The predicted molar refractivity (Wildman–Crippen MR) is 111 cm³/mol. The molecule has 26 heavy (non-hydrogen) atoms. The number of nitrogens with one attached hydrogen (secondary N) is 2.